The van der Waals surface area contributed by atoms with Gasteiger partial charge in [0.25, 0.3) is 11.8 Å². The summed E-state index contributed by atoms with van der Waals surface area (Å²) in [5.74, 6) is -8.05. The molecule has 0 saturated carbocycles. The number of halogens is 3. The lowest BCUT2D eigenvalue weighted by Crippen LogP contribution is -2.52. The molecule has 2 aliphatic heterocycles. The highest BCUT2D eigenvalue weighted by Crippen LogP contribution is 2.36. The van der Waals surface area contributed by atoms with Gasteiger partial charge in [-0.15, -0.1) is 0 Å². The van der Waals surface area contributed by atoms with Gasteiger partial charge in [-0.25, -0.2) is 4.39 Å². The normalized spacial score (nSPS) is 17.8. The van der Waals surface area contributed by atoms with Gasteiger partial charge in [-0.05, 0) is 42.7 Å². The first kappa shape index (κ1) is 24.2. The molecule has 0 radical (unpaired) electrons. The number of alkyl halides is 2. The number of piperidine rings is 1. The summed E-state index contributed by atoms with van der Waals surface area (Å²) < 4.78 is 48.2. The molecule has 2 aromatic carbocycles. The van der Waals surface area contributed by atoms with Crippen LogP contribution in [0.4, 0.5) is 13.2 Å². The van der Waals surface area contributed by atoms with Gasteiger partial charge in [-0.1, -0.05) is 12.1 Å². The fraction of sp³-hybridized carbons (Fsp3) is 0.333. The van der Waals surface area contributed by atoms with Crippen LogP contribution in [0.2, 0.25) is 0 Å². The van der Waals surface area contributed by atoms with Crippen molar-refractivity contribution in [2.45, 2.75) is 44.8 Å². The third-order valence-electron chi connectivity index (χ3n) is 5.91. The van der Waals surface area contributed by atoms with Crippen LogP contribution >= 0.6 is 0 Å². The summed E-state index contributed by atoms with van der Waals surface area (Å²) in [5, 5.41) is 4.39. The van der Waals surface area contributed by atoms with Gasteiger partial charge in [0, 0.05) is 31.1 Å². The molecule has 0 bridgehead atoms. The molecule has 1 atom stereocenters. The number of carbonyl (C=O) groups is 4. The van der Waals surface area contributed by atoms with Gasteiger partial charge in [0.05, 0.1) is 12.2 Å². The second-order valence-electron chi connectivity index (χ2n) is 8.22. The lowest BCUT2D eigenvalue weighted by molar-refractivity contribution is -0.147. The molecule has 1 unspecified atom stereocenters. The zero-order chi connectivity index (χ0) is 25.3. The van der Waals surface area contributed by atoms with Crippen LogP contribution in [0.15, 0.2) is 36.4 Å². The number of rotatable bonds is 7. The average molecular weight is 489 g/mol. The highest BCUT2D eigenvalue weighted by Gasteiger charge is 2.43. The standard InChI is InChI=1S/C24H22F3N3O5/c1-2-35-19-10-15(25)4-6-17(19)24(26,27)23(34)28-11-13-3-5-16-14(9-13)12-30(22(16)33)18-7-8-20(31)29-21(18)32/h3-6,9-10,18H,2,7-8,11-12H2,1H3,(H,28,34)(H,29,31,32). The average Bonchev–Trinajstić information content (AvgIpc) is 3.13. The first-order valence-corrected chi connectivity index (χ1v) is 11.0. The Morgan fingerprint density at radius 1 is 1.20 bits per heavy atom. The van der Waals surface area contributed by atoms with E-state index in [1.54, 1.807) is 13.0 Å². The van der Waals surface area contributed by atoms with E-state index in [0.717, 1.165) is 18.2 Å². The van der Waals surface area contributed by atoms with Gasteiger partial charge >= 0.3 is 5.92 Å². The molecular formula is C24H22F3N3O5. The Morgan fingerprint density at radius 2 is 1.97 bits per heavy atom. The quantitative estimate of drug-likeness (QED) is 0.582. The number of imide groups is 1. The van der Waals surface area contributed by atoms with Crippen LogP contribution in [0.5, 0.6) is 5.75 Å². The molecule has 184 valence electrons. The maximum Gasteiger partial charge on any atom is 0.353 e. The molecule has 8 nitrogen and oxygen atoms in total. The van der Waals surface area contributed by atoms with E-state index in [2.05, 4.69) is 10.6 Å². The summed E-state index contributed by atoms with van der Waals surface area (Å²) >= 11 is 0. The van der Waals surface area contributed by atoms with Crippen LogP contribution in [0, 0.1) is 5.82 Å². The SMILES string of the molecule is CCOc1cc(F)ccc1C(F)(F)C(=O)NCc1ccc2c(c1)CN(C1CCC(=O)NC1=O)C2=O. The van der Waals surface area contributed by atoms with E-state index in [1.165, 1.54) is 17.0 Å². The van der Waals surface area contributed by atoms with Crippen LogP contribution in [0.25, 0.3) is 0 Å². The topological polar surface area (TPSA) is 105 Å². The predicted molar refractivity (Wildman–Crippen MR) is 116 cm³/mol. The van der Waals surface area contributed by atoms with Crippen molar-refractivity contribution in [2.24, 2.45) is 0 Å². The van der Waals surface area contributed by atoms with Crippen LogP contribution < -0.4 is 15.4 Å². The largest absolute Gasteiger partial charge is 0.493 e. The Kier molecular flexibility index (Phi) is 6.51. The van der Waals surface area contributed by atoms with Crippen molar-refractivity contribution in [3.63, 3.8) is 0 Å². The first-order chi connectivity index (χ1) is 16.6. The van der Waals surface area contributed by atoms with Crippen LogP contribution in [0.1, 0.15) is 46.8 Å². The number of hydrogen-bond donors (Lipinski definition) is 2. The van der Waals surface area contributed by atoms with E-state index in [-0.39, 0.29) is 44.4 Å². The van der Waals surface area contributed by atoms with Crippen LogP contribution in [-0.4, -0.2) is 41.2 Å². The van der Waals surface area contributed by atoms with E-state index >= 15 is 0 Å². The van der Waals surface area contributed by atoms with Gasteiger partial charge in [-0.2, -0.15) is 8.78 Å². The number of carbonyl (C=O) groups excluding carboxylic acids is 4. The molecule has 0 spiro atoms. The van der Waals surface area contributed by atoms with Crippen LogP contribution in [-0.2, 0) is 33.4 Å². The predicted octanol–water partition coefficient (Wildman–Crippen LogP) is 2.39. The molecule has 35 heavy (non-hydrogen) atoms. The molecule has 0 aliphatic carbocycles. The highest BCUT2D eigenvalue weighted by atomic mass is 19.3. The van der Waals surface area contributed by atoms with E-state index < -0.39 is 40.9 Å². The second kappa shape index (κ2) is 9.40. The summed E-state index contributed by atoms with van der Waals surface area (Å²) in [7, 11) is 0. The smallest absolute Gasteiger partial charge is 0.353 e. The molecule has 2 aliphatic rings. The van der Waals surface area contributed by atoms with E-state index in [0.29, 0.717) is 16.7 Å². The molecule has 1 fully saturated rings. The van der Waals surface area contributed by atoms with Crippen LogP contribution in [0.3, 0.4) is 0 Å². The van der Waals surface area contributed by atoms with Crippen molar-refractivity contribution in [3.8, 4) is 5.75 Å². The lowest BCUT2D eigenvalue weighted by Gasteiger charge is -2.29. The van der Waals surface area contributed by atoms with Crippen molar-refractivity contribution < 1.29 is 37.1 Å². The third-order valence-corrected chi connectivity index (χ3v) is 5.91. The van der Waals surface area contributed by atoms with E-state index in [1.807, 2.05) is 0 Å². The summed E-state index contributed by atoms with van der Waals surface area (Å²) in [5.41, 5.74) is 0.658. The molecule has 2 N–H and O–H groups in total. The maximum absolute atomic E-state index is 14.8. The number of hydrogen-bond acceptors (Lipinski definition) is 5. The number of ether oxygens (including phenoxy) is 1. The van der Waals surface area contributed by atoms with Gasteiger partial charge in [-0.3, -0.25) is 24.5 Å². The fourth-order valence-corrected chi connectivity index (χ4v) is 4.18. The van der Waals surface area contributed by atoms with E-state index in [9.17, 15) is 32.3 Å². The minimum atomic E-state index is -3.98. The number of fused-ring (bicyclic) bond motifs is 1. The van der Waals surface area contributed by atoms with Gasteiger partial charge in [0.15, 0.2) is 0 Å². The Labute approximate surface area is 198 Å². The molecule has 2 aromatic rings. The monoisotopic (exact) mass is 489 g/mol. The van der Waals surface area contributed by atoms with Crippen molar-refractivity contribution in [1.82, 2.24) is 15.5 Å². The molecular weight excluding hydrogens is 467 g/mol. The number of benzene rings is 2. The second-order valence-corrected chi connectivity index (χ2v) is 8.22. The molecule has 4 amide bonds. The zero-order valence-electron chi connectivity index (χ0n) is 18.7. The number of nitrogens with zero attached hydrogens (tertiary/aromatic N) is 1. The first-order valence-electron chi connectivity index (χ1n) is 11.0. The van der Waals surface area contributed by atoms with Crippen molar-refractivity contribution in [3.05, 3.63) is 64.5 Å². The maximum atomic E-state index is 14.8. The zero-order valence-corrected chi connectivity index (χ0v) is 18.7. The summed E-state index contributed by atoms with van der Waals surface area (Å²) in [6.45, 7) is 1.43. The summed E-state index contributed by atoms with van der Waals surface area (Å²) in [4.78, 5) is 50.0. The van der Waals surface area contributed by atoms with Gasteiger partial charge < -0.3 is 15.0 Å². The summed E-state index contributed by atoms with van der Waals surface area (Å²) in [6.07, 6.45) is 0.344. The molecule has 0 aromatic heterocycles. The van der Waals surface area contributed by atoms with Gasteiger partial charge in [0.1, 0.15) is 17.6 Å². The number of amides is 4. The minimum Gasteiger partial charge on any atom is -0.493 e. The summed E-state index contributed by atoms with van der Waals surface area (Å²) in [6, 6.07) is 6.29. The minimum absolute atomic E-state index is 0.0117. The number of nitrogens with one attached hydrogen (secondary N) is 2. The van der Waals surface area contributed by atoms with E-state index in [4.69, 9.17) is 4.74 Å². The van der Waals surface area contributed by atoms with Gasteiger partial charge in [0.2, 0.25) is 11.8 Å². The Bertz CT molecular complexity index is 1220. The Balaban J connectivity index is 1.45. The van der Waals surface area contributed by atoms with Crippen molar-refractivity contribution in [1.29, 1.82) is 0 Å². The molecule has 1 saturated heterocycles. The van der Waals surface area contributed by atoms with Crippen molar-refractivity contribution in [2.75, 3.05) is 6.61 Å². The Hall–Kier alpha value is -3.89. The fourth-order valence-electron chi connectivity index (χ4n) is 4.18. The Morgan fingerprint density at radius 3 is 2.69 bits per heavy atom. The molecule has 2 heterocycles. The lowest BCUT2D eigenvalue weighted by atomic mass is 10.0. The molecule has 4 rings (SSSR count). The molecule has 11 heteroatoms. The van der Waals surface area contributed by atoms with Crippen molar-refractivity contribution >= 4 is 23.6 Å². The highest BCUT2D eigenvalue weighted by molar-refractivity contribution is 6.05. The third kappa shape index (κ3) is 4.71.